The number of ether oxygens (including phenoxy) is 1. The summed E-state index contributed by atoms with van der Waals surface area (Å²) >= 11 is 0. The highest BCUT2D eigenvalue weighted by Gasteiger charge is 2.08. The van der Waals surface area contributed by atoms with Crippen molar-refractivity contribution in [3.63, 3.8) is 0 Å². The van der Waals surface area contributed by atoms with Crippen molar-refractivity contribution in [2.24, 2.45) is 0 Å². The summed E-state index contributed by atoms with van der Waals surface area (Å²) in [6, 6.07) is 10.8. The van der Waals surface area contributed by atoms with Crippen LogP contribution in [-0.4, -0.2) is 22.7 Å². The zero-order valence-corrected chi connectivity index (χ0v) is 10.9. The van der Waals surface area contributed by atoms with Crippen molar-refractivity contribution in [2.75, 3.05) is 11.9 Å². The summed E-state index contributed by atoms with van der Waals surface area (Å²) in [4.78, 5) is 11.9. The van der Waals surface area contributed by atoms with E-state index in [-0.39, 0.29) is 11.6 Å². The van der Waals surface area contributed by atoms with Crippen LogP contribution in [0.2, 0.25) is 0 Å². The maximum atomic E-state index is 11.9. The van der Waals surface area contributed by atoms with Crippen LogP contribution in [0, 0.1) is 6.92 Å². The van der Waals surface area contributed by atoms with Crippen molar-refractivity contribution in [3.8, 4) is 5.88 Å². The standard InChI is InChI=1S/C14H15N3O2/c1-3-19-13-9-8-12(16-17-13)14(18)15-11-6-4-10(2)5-7-11/h4-9H,3H2,1-2H3,(H,15,18). The molecule has 0 bridgehead atoms. The van der Waals surface area contributed by atoms with Crippen LogP contribution in [0.1, 0.15) is 23.0 Å². The van der Waals surface area contributed by atoms with Crippen LogP contribution >= 0.6 is 0 Å². The van der Waals surface area contributed by atoms with Crippen molar-refractivity contribution in [2.45, 2.75) is 13.8 Å². The zero-order chi connectivity index (χ0) is 13.7. The second-order valence-electron chi connectivity index (χ2n) is 4.01. The highest BCUT2D eigenvalue weighted by atomic mass is 16.5. The Morgan fingerprint density at radius 1 is 1.16 bits per heavy atom. The third-order valence-electron chi connectivity index (χ3n) is 2.47. The van der Waals surface area contributed by atoms with E-state index in [0.717, 1.165) is 11.3 Å². The number of hydrogen-bond acceptors (Lipinski definition) is 4. The summed E-state index contributed by atoms with van der Waals surface area (Å²) in [7, 11) is 0. The molecule has 0 aliphatic rings. The molecule has 0 aliphatic carbocycles. The number of rotatable bonds is 4. The van der Waals surface area contributed by atoms with Crippen molar-refractivity contribution >= 4 is 11.6 Å². The minimum atomic E-state index is -0.292. The molecule has 0 unspecified atom stereocenters. The van der Waals surface area contributed by atoms with Crippen molar-refractivity contribution in [1.82, 2.24) is 10.2 Å². The summed E-state index contributed by atoms with van der Waals surface area (Å²) in [6.45, 7) is 4.37. The first kappa shape index (κ1) is 13.0. The Bertz CT molecular complexity index is 550. The Kier molecular flexibility index (Phi) is 4.07. The van der Waals surface area contributed by atoms with Gasteiger partial charge in [-0.25, -0.2) is 0 Å². The van der Waals surface area contributed by atoms with Gasteiger partial charge in [-0.05, 0) is 32.0 Å². The van der Waals surface area contributed by atoms with Crippen LogP contribution in [0.5, 0.6) is 5.88 Å². The molecule has 1 aromatic carbocycles. The Hall–Kier alpha value is -2.43. The monoisotopic (exact) mass is 257 g/mol. The highest BCUT2D eigenvalue weighted by Crippen LogP contribution is 2.11. The van der Waals surface area contributed by atoms with E-state index < -0.39 is 0 Å². The minimum Gasteiger partial charge on any atom is -0.477 e. The second kappa shape index (κ2) is 5.95. The minimum absolute atomic E-state index is 0.254. The molecular formula is C14H15N3O2. The molecule has 0 fully saturated rings. The molecule has 2 aromatic rings. The van der Waals surface area contributed by atoms with E-state index in [1.54, 1.807) is 12.1 Å². The van der Waals surface area contributed by atoms with E-state index in [9.17, 15) is 4.79 Å². The molecule has 1 heterocycles. The van der Waals surface area contributed by atoms with Gasteiger partial charge in [0.2, 0.25) is 5.88 Å². The average molecular weight is 257 g/mol. The fourth-order valence-corrected chi connectivity index (χ4v) is 1.50. The van der Waals surface area contributed by atoms with E-state index in [1.807, 2.05) is 38.1 Å². The van der Waals surface area contributed by atoms with Gasteiger partial charge in [-0.1, -0.05) is 17.7 Å². The van der Waals surface area contributed by atoms with Crippen LogP contribution in [0.3, 0.4) is 0 Å². The van der Waals surface area contributed by atoms with E-state index in [1.165, 1.54) is 0 Å². The van der Waals surface area contributed by atoms with Crippen molar-refractivity contribution in [1.29, 1.82) is 0 Å². The number of amides is 1. The quantitative estimate of drug-likeness (QED) is 0.913. The van der Waals surface area contributed by atoms with Gasteiger partial charge in [-0.2, -0.15) is 0 Å². The van der Waals surface area contributed by atoms with Crippen LogP contribution in [0.25, 0.3) is 0 Å². The predicted molar refractivity (Wildman–Crippen MR) is 72.3 cm³/mol. The summed E-state index contributed by atoms with van der Waals surface area (Å²) in [5, 5.41) is 10.4. The smallest absolute Gasteiger partial charge is 0.276 e. The number of nitrogens with one attached hydrogen (secondary N) is 1. The number of benzene rings is 1. The molecular weight excluding hydrogens is 242 g/mol. The number of anilines is 1. The van der Waals surface area contributed by atoms with Crippen LogP contribution in [0.4, 0.5) is 5.69 Å². The topological polar surface area (TPSA) is 64.1 Å². The molecule has 98 valence electrons. The van der Waals surface area contributed by atoms with Gasteiger partial charge < -0.3 is 10.1 Å². The summed E-state index contributed by atoms with van der Waals surface area (Å²) in [6.07, 6.45) is 0. The van der Waals surface area contributed by atoms with Gasteiger partial charge in [0, 0.05) is 11.8 Å². The van der Waals surface area contributed by atoms with Gasteiger partial charge in [-0.15, -0.1) is 10.2 Å². The first-order valence-electron chi connectivity index (χ1n) is 6.03. The lowest BCUT2D eigenvalue weighted by atomic mass is 10.2. The van der Waals surface area contributed by atoms with Gasteiger partial charge in [0.05, 0.1) is 6.61 Å². The maximum absolute atomic E-state index is 11.9. The Balaban J connectivity index is 2.05. The molecule has 5 nitrogen and oxygen atoms in total. The Morgan fingerprint density at radius 2 is 1.89 bits per heavy atom. The number of aryl methyl sites for hydroxylation is 1. The zero-order valence-electron chi connectivity index (χ0n) is 10.9. The second-order valence-corrected chi connectivity index (χ2v) is 4.01. The van der Waals surface area contributed by atoms with Crippen LogP contribution < -0.4 is 10.1 Å². The fraction of sp³-hybridized carbons (Fsp3) is 0.214. The number of carbonyl (C=O) groups excluding carboxylic acids is 1. The van der Waals surface area contributed by atoms with Crippen LogP contribution in [0.15, 0.2) is 36.4 Å². The van der Waals surface area contributed by atoms with E-state index >= 15 is 0 Å². The Labute approximate surface area is 111 Å². The normalized spacial score (nSPS) is 10.0. The molecule has 0 saturated heterocycles. The first-order chi connectivity index (χ1) is 9.19. The molecule has 0 saturated carbocycles. The van der Waals surface area contributed by atoms with Gasteiger partial charge in [0.1, 0.15) is 0 Å². The molecule has 0 atom stereocenters. The van der Waals surface area contributed by atoms with Crippen molar-refractivity contribution in [3.05, 3.63) is 47.7 Å². The van der Waals surface area contributed by atoms with Gasteiger partial charge >= 0.3 is 0 Å². The van der Waals surface area contributed by atoms with Gasteiger partial charge in [0.25, 0.3) is 5.91 Å². The maximum Gasteiger partial charge on any atom is 0.276 e. The third kappa shape index (κ3) is 3.51. The molecule has 1 amide bonds. The SMILES string of the molecule is CCOc1ccc(C(=O)Nc2ccc(C)cc2)nn1. The van der Waals surface area contributed by atoms with E-state index in [2.05, 4.69) is 15.5 Å². The lowest BCUT2D eigenvalue weighted by Crippen LogP contribution is -2.14. The van der Waals surface area contributed by atoms with Gasteiger partial charge in [-0.3, -0.25) is 4.79 Å². The predicted octanol–water partition coefficient (Wildman–Crippen LogP) is 2.44. The summed E-state index contributed by atoms with van der Waals surface area (Å²) < 4.78 is 5.17. The van der Waals surface area contributed by atoms with E-state index in [0.29, 0.717) is 12.5 Å². The average Bonchev–Trinajstić information content (AvgIpc) is 2.42. The lowest BCUT2D eigenvalue weighted by molar-refractivity contribution is 0.102. The summed E-state index contributed by atoms with van der Waals surface area (Å²) in [5.74, 6) is 0.119. The molecule has 1 aromatic heterocycles. The number of hydrogen-bond donors (Lipinski definition) is 1. The number of carbonyl (C=O) groups is 1. The fourth-order valence-electron chi connectivity index (χ4n) is 1.50. The largest absolute Gasteiger partial charge is 0.477 e. The molecule has 0 spiro atoms. The number of aromatic nitrogens is 2. The first-order valence-corrected chi connectivity index (χ1v) is 6.03. The number of nitrogens with zero attached hydrogens (tertiary/aromatic N) is 2. The molecule has 2 rings (SSSR count). The highest BCUT2D eigenvalue weighted by molar-refractivity contribution is 6.02. The summed E-state index contributed by atoms with van der Waals surface area (Å²) in [5.41, 5.74) is 2.12. The van der Waals surface area contributed by atoms with Gasteiger partial charge in [0.15, 0.2) is 5.69 Å². The molecule has 1 N–H and O–H groups in total. The molecule has 5 heteroatoms. The van der Waals surface area contributed by atoms with Crippen molar-refractivity contribution < 1.29 is 9.53 Å². The third-order valence-corrected chi connectivity index (χ3v) is 2.47. The molecule has 0 radical (unpaired) electrons. The molecule has 19 heavy (non-hydrogen) atoms. The Morgan fingerprint density at radius 3 is 2.47 bits per heavy atom. The van der Waals surface area contributed by atoms with Crippen LogP contribution in [-0.2, 0) is 0 Å². The lowest BCUT2D eigenvalue weighted by Gasteiger charge is -2.05. The van der Waals surface area contributed by atoms with E-state index in [4.69, 9.17) is 4.74 Å². The molecule has 0 aliphatic heterocycles.